The van der Waals surface area contributed by atoms with Gasteiger partial charge < -0.3 is 0 Å². The second-order valence-electron chi connectivity index (χ2n) is 2.99. The maximum absolute atomic E-state index is 11.2. The van der Waals surface area contributed by atoms with E-state index in [2.05, 4.69) is 23.9 Å². The fraction of sp³-hybridized carbons (Fsp3) is 1.00. The summed E-state index contributed by atoms with van der Waals surface area (Å²) in [5.74, 6) is 1.81. The van der Waals surface area contributed by atoms with Crippen LogP contribution in [0.3, 0.4) is 0 Å². The Morgan fingerprint density at radius 1 is 1.50 bits per heavy atom. The molecule has 0 saturated carbocycles. The van der Waals surface area contributed by atoms with Crippen LogP contribution < -0.4 is 0 Å². The molecule has 0 spiro atoms. The van der Waals surface area contributed by atoms with Crippen molar-refractivity contribution in [2.24, 2.45) is 11.0 Å². The second-order valence-corrected chi connectivity index (χ2v) is 4.68. The molecule has 0 aromatic rings. The largest absolute Gasteiger partial charge is 0.260 e. The third-order valence-electron chi connectivity index (χ3n) is 1.41. The molecule has 0 aliphatic carbocycles. The summed E-state index contributed by atoms with van der Waals surface area (Å²) in [6, 6.07) is 0. The maximum atomic E-state index is 11.2. The zero-order chi connectivity index (χ0) is 9.40. The number of hydrogen-bond donors (Lipinski definition) is 0. The van der Waals surface area contributed by atoms with Crippen LogP contribution in [0.4, 0.5) is 0 Å². The average Bonchev–Trinajstić information content (AvgIpc) is 2.01. The first kappa shape index (κ1) is 11.5. The monoisotopic (exact) mass is 189 g/mol. The normalized spacial score (nSPS) is 12.6. The van der Waals surface area contributed by atoms with E-state index in [0.29, 0.717) is 18.2 Å². The Bertz CT molecular complexity index is 187. The number of rotatable bonds is 6. The smallest absolute Gasteiger partial charge is 0.0373 e. The molecule has 0 aromatic heterocycles. The van der Waals surface area contributed by atoms with E-state index in [1.165, 1.54) is 0 Å². The summed E-state index contributed by atoms with van der Waals surface area (Å²) in [4.78, 5) is 2.59. The maximum Gasteiger partial charge on any atom is 0.0373 e. The Morgan fingerprint density at radius 2 is 2.17 bits per heavy atom. The molecule has 0 aliphatic rings. The van der Waals surface area contributed by atoms with Gasteiger partial charge in [0.2, 0.25) is 0 Å². The molecule has 5 heteroatoms. The van der Waals surface area contributed by atoms with Crippen LogP contribution >= 0.6 is 0 Å². The fourth-order valence-electron chi connectivity index (χ4n) is 0.657. The van der Waals surface area contributed by atoms with Crippen LogP contribution in [0.25, 0.3) is 10.4 Å². The molecule has 0 heterocycles. The van der Waals surface area contributed by atoms with Gasteiger partial charge in [-0.05, 0) is 17.9 Å². The van der Waals surface area contributed by atoms with Crippen molar-refractivity contribution in [1.29, 1.82) is 0 Å². The first-order valence-electron chi connectivity index (χ1n) is 4.02. The molecule has 1 atom stereocenters. The Kier molecular flexibility index (Phi) is 6.81. The molecule has 4 nitrogen and oxygen atoms in total. The van der Waals surface area contributed by atoms with Gasteiger partial charge in [0.1, 0.15) is 0 Å². The molecule has 0 bridgehead atoms. The van der Waals surface area contributed by atoms with Crippen molar-refractivity contribution < 1.29 is 4.21 Å². The molecular formula is C7H15N3OS. The lowest BCUT2D eigenvalue weighted by atomic mass is 10.2. The number of hydrogen-bond acceptors (Lipinski definition) is 2. The molecule has 0 N–H and O–H groups in total. The van der Waals surface area contributed by atoms with Crippen LogP contribution in [0, 0.1) is 5.92 Å². The SMILES string of the molecule is CC(C)CCS(=O)CCN=[N+]=[N-]. The lowest BCUT2D eigenvalue weighted by Gasteiger charge is -2.02. The second kappa shape index (κ2) is 7.13. The summed E-state index contributed by atoms with van der Waals surface area (Å²) in [7, 11) is -0.807. The van der Waals surface area contributed by atoms with Crippen molar-refractivity contribution in [2.75, 3.05) is 18.1 Å². The minimum absolute atomic E-state index is 0.348. The summed E-state index contributed by atoms with van der Waals surface area (Å²) in [5, 5.41) is 3.33. The van der Waals surface area contributed by atoms with Gasteiger partial charge in [0.15, 0.2) is 0 Å². The summed E-state index contributed by atoms with van der Waals surface area (Å²) in [6.07, 6.45) is 0.975. The van der Waals surface area contributed by atoms with Gasteiger partial charge in [-0.3, -0.25) is 4.21 Å². The summed E-state index contributed by atoms with van der Waals surface area (Å²) in [5.41, 5.74) is 7.96. The molecule has 0 rings (SSSR count). The average molecular weight is 189 g/mol. The van der Waals surface area contributed by atoms with Gasteiger partial charge in [0, 0.05) is 33.8 Å². The van der Waals surface area contributed by atoms with Crippen LogP contribution in [0.2, 0.25) is 0 Å². The molecular weight excluding hydrogens is 174 g/mol. The molecule has 0 aromatic carbocycles. The van der Waals surface area contributed by atoms with Gasteiger partial charge in [-0.25, -0.2) is 0 Å². The fourth-order valence-corrected chi connectivity index (χ4v) is 1.88. The van der Waals surface area contributed by atoms with E-state index >= 15 is 0 Å². The first-order valence-corrected chi connectivity index (χ1v) is 5.51. The Morgan fingerprint density at radius 3 is 2.67 bits per heavy atom. The first-order chi connectivity index (χ1) is 5.66. The van der Waals surface area contributed by atoms with E-state index < -0.39 is 10.8 Å². The van der Waals surface area contributed by atoms with Crippen molar-refractivity contribution in [3.8, 4) is 0 Å². The van der Waals surface area contributed by atoms with Crippen molar-refractivity contribution in [2.45, 2.75) is 20.3 Å². The summed E-state index contributed by atoms with van der Waals surface area (Å²) in [6.45, 7) is 4.55. The zero-order valence-electron chi connectivity index (χ0n) is 7.56. The van der Waals surface area contributed by atoms with Crippen molar-refractivity contribution >= 4 is 10.8 Å². The molecule has 0 radical (unpaired) electrons. The topological polar surface area (TPSA) is 65.8 Å². The lowest BCUT2D eigenvalue weighted by Crippen LogP contribution is -2.07. The van der Waals surface area contributed by atoms with Gasteiger partial charge in [0.05, 0.1) is 0 Å². The third kappa shape index (κ3) is 7.57. The molecule has 70 valence electrons. The number of azide groups is 1. The quantitative estimate of drug-likeness (QED) is 0.358. The van der Waals surface area contributed by atoms with E-state index in [0.717, 1.165) is 12.2 Å². The predicted molar refractivity (Wildman–Crippen MR) is 51.3 cm³/mol. The lowest BCUT2D eigenvalue weighted by molar-refractivity contribution is 0.619. The van der Waals surface area contributed by atoms with E-state index in [1.54, 1.807) is 0 Å². The van der Waals surface area contributed by atoms with Crippen molar-refractivity contribution in [3.05, 3.63) is 10.4 Å². The Balaban J connectivity index is 3.40. The third-order valence-corrected chi connectivity index (χ3v) is 2.73. The van der Waals surface area contributed by atoms with E-state index in [-0.39, 0.29) is 0 Å². The predicted octanol–water partition coefficient (Wildman–Crippen LogP) is 2.09. The van der Waals surface area contributed by atoms with Gasteiger partial charge in [-0.1, -0.05) is 19.0 Å². The Labute approximate surface area is 75.4 Å². The van der Waals surface area contributed by atoms with Gasteiger partial charge in [0.25, 0.3) is 0 Å². The highest BCUT2D eigenvalue weighted by molar-refractivity contribution is 7.84. The minimum atomic E-state index is -0.807. The highest BCUT2D eigenvalue weighted by atomic mass is 32.2. The molecule has 1 unspecified atom stereocenters. The molecule has 0 amide bonds. The molecule has 0 aliphatic heterocycles. The zero-order valence-corrected chi connectivity index (χ0v) is 8.38. The van der Waals surface area contributed by atoms with Crippen molar-refractivity contribution in [1.82, 2.24) is 0 Å². The van der Waals surface area contributed by atoms with Gasteiger partial charge in [-0.2, -0.15) is 0 Å². The van der Waals surface area contributed by atoms with Gasteiger partial charge >= 0.3 is 0 Å². The van der Waals surface area contributed by atoms with Crippen LogP contribution in [0.5, 0.6) is 0 Å². The molecule has 0 saturated heterocycles. The van der Waals surface area contributed by atoms with Crippen LogP contribution in [0.1, 0.15) is 20.3 Å². The van der Waals surface area contributed by atoms with Crippen LogP contribution in [0.15, 0.2) is 5.11 Å². The molecule has 0 fully saturated rings. The van der Waals surface area contributed by atoms with Crippen molar-refractivity contribution in [3.63, 3.8) is 0 Å². The van der Waals surface area contributed by atoms with Crippen LogP contribution in [-0.2, 0) is 10.8 Å². The highest BCUT2D eigenvalue weighted by Gasteiger charge is 2.00. The van der Waals surface area contributed by atoms with Crippen LogP contribution in [-0.4, -0.2) is 22.3 Å². The minimum Gasteiger partial charge on any atom is -0.260 e. The summed E-state index contributed by atoms with van der Waals surface area (Å²) < 4.78 is 11.2. The van der Waals surface area contributed by atoms with E-state index in [1.807, 2.05) is 0 Å². The molecule has 12 heavy (non-hydrogen) atoms. The standard InChI is InChI=1S/C7H15N3OS/c1-7(2)3-5-12(11)6-4-9-10-8/h7H,3-6H2,1-2H3. The Hall–Kier alpha value is -0.540. The highest BCUT2D eigenvalue weighted by Crippen LogP contribution is 2.00. The number of nitrogens with zero attached hydrogens (tertiary/aromatic N) is 3. The van der Waals surface area contributed by atoms with E-state index in [4.69, 9.17) is 5.53 Å². The van der Waals surface area contributed by atoms with E-state index in [9.17, 15) is 4.21 Å². The summed E-state index contributed by atoms with van der Waals surface area (Å²) >= 11 is 0. The van der Waals surface area contributed by atoms with Gasteiger partial charge in [-0.15, -0.1) is 0 Å².